The summed E-state index contributed by atoms with van der Waals surface area (Å²) in [7, 11) is 0. The van der Waals surface area contributed by atoms with Gasteiger partial charge in [0, 0.05) is 35.5 Å². The number of benzene rings is 4. The Hall–Kier alpha value is -4.56. The van der Waals surface area contributed by atoms with Crippen molar-refractivity contribution in [3.05, 3.63) is 157 Å². The first kappa shape index (κ1) is 40.2. The van der Waals surface area contributed by atoms with Crippen LogP contribution in [0.5, 0.6) is 0 Å². The van der Waals surface area contributed by atoms with E-state index in [1.807, 2.05) is 0 Å². The van der Waals surface area contributed by atoms with Crippen LogP contribution in [0.4, 0.5) is 11.4 Å². The number of anilines is 2. The van der Waals surface area contributed by atoms with Crippen LogP contribution in [0.3, 0.4) is 0 Å². The molecule has 2 heteroatoms. The highest BCUT2D eigenvalue weighted by atomic mass is 15.2. The maximum Gasteiger partial charge on any atom is 0.0371 e. The summed E-state index contributed by atoms with van der Waals surface area (Å²) in [5.41, 5.74) is 8.10. The van der Waals surface area contributed by atoms with E-state index in [0.717, 1.165) is 0 Å². The first-order valence-corrected chi connectivity index (χ1v) is 23.3. The van der Waals surface area contributed by atoms with Crippen LogP contribution in [0.1, 0.15) is 127 Å². The highest BCUT2D eigenvalue weighted by molar-refractivity contribution is 5.69. The van der Waals surface area contributed by atoms with E-state index in [1.165, 1.54) is 149 Å². The standard InChI is InChI=1S/C56H68N2/c1-5-17-45(18-6-1)21-13-15-23-47-29-37-53(38-30-47)57(51-25-9-3-10-26-51)55-41-33-49(34-42-55)50-35-43-56(44-36-50)58(52-27-11-4-12-28-52)54-39-31-48(32-40-54)24-16-14-22-46-19-7-2-8-20-46/h1-2,5-8,13-24,33-36,41-44,47-48,51-54H,3-4,9-12,25-32,37-40H2/b21-13+,22-14+,23-15+,24-16+. The van der Waals surface area contributed by atoms with Gasteiger partial charge in [-0.05, 0) is 135 Å². The van der Waals surface area contributed by atoms with Crippen molar-refractivity contribution in [1.29, 1.82) is 0 Å². The highest BCUT2D eigenvalue weighted by Crippen LogP contribution is 2.39. The van der Waals surface area contributed by atoms with E-state index >= 15 is 0 Å². The molecule has 4 aromatic carbocycles. The number of allylic oxidation sites excluding steroid dienone is 6. The Kier molecular flexibility index (Phi) is 14.5. The van der Waals surface area contributed by atoms with Crippen LogP contribution in [0.25, 0.3) is 23.3 Å². The lowest BCUT2D eigenvalue weighted by molar-refractivity contribution is 0.313. The molecule has 0 spiro atoms. The fourth-order valence-electron chi connectivity index (χ4n) is 10.9. The molecule has 58 heavy (non-hydrogen) atoms. The number of rotatable bonds is 13. The van der Waals surface area contributed by atoms with E-state index in [0.29, 0.717) is 36.0 Å². The molecule has 0 heterocycles. The highest BCUT2D eigenvalue weighted by Gasteiger charge is 2.32. The molecule has 4 aliphatic carbocycles. The van der Waals surface area contributed by atoms with E-state index in [9.17, 15) is 0 Å². The van der Waals surface area contributed by atoms with E-state index < -0.39 is 0 Å². The van der Waals surface area contributed by atoms with Gasteiger partial charge in [-0.3, -0.25) is 0 Å². The smallest absolute Gasteiger partial charge is 0.0371 e. The van der Waals surface area contributed by atoms with Crippen molar-refractivity contribution in [2.75, 3.05) is 9.80 Å². The average molecular weight is 769 g/mol. The van der Waals surface area contributed by atoms with Gasteiger partial charge < -0.3 is 9.80 Å². The third-order valence-corrected chi connectivity index (χ3v) is 14.0. The molecule has 0 bridgehead atoms. The fraction of sp³-hybridized carbons (Fsp3) is 0.429. The summed E-state index contributed by atoms with van der Waals surface area (Å²) in [5, 5.41) is 0. The Morgan fingerprint density at radius 2 is 0.672 bits per heavy atom. The van der Waals surface area contributed by atoms with Gasteiger partial charge in [0.25, 0.3) is 0 Å². The second kappa shape index (κ2) is 20.9. The lowest BCUT2D eigenvalue weighted by Gasteiger charge is -2.44. The van der Waals surface area contributed by atoms with Gasteiger partial charge in [0.15, 0.2) is 0 Å². The predicted molar refractivity (Wildman–Crippen MR) is 251 cm³/mol. The molecular weight excluding hydrogens is 701 g/mol. The quantitative estimate of drug-likeness (QED) is 0.125. The Morgan fingerprint density at radius 1 is 0.328 bits per heavy atom. The van der Waals surface area contributed by atoms with Crippen LogP contribution in [0.15, 0.2) is 146 Å². The molecule has 0 amide bonds. The van der Waals surface area contributed by atoms with Crippen LogP contribution in [0, 0.1) is 11.8 Å². The normalized spacial score (nSPS) is 23.9. The summed E-state index contributed by atoms with van der Waals surface area (Å²) >= 11 is 0. The van der Waals surface area contributed by atoms with Crippen molar-refractivity contribution >= 4 is 23.5 Å². The molecule has 2 nitrogen and oxygen atoms in total. The monoisotopic (exact) mass is 769 g/mol. The molecule has 0 unspecified atom stereocenters. The van der Waals surface area contributed by atoms with Crippen LogP contribution < -0.4 is 9.80 Å². The van der Waals surface area contributed by atoms with Crippen molar-refractivity contribution in [3.8, 4) is 11.1 Å². The molecule has 0 radical (unpaired) electrons. The third kappa shape index (κ3) is 10.9. The van der Waals surface area contributed by atoms with Gasteiger partial charge in [0.1, 0.15) is 0 Å². The molecule has 4 fully saturated rings. The summed E-state index contributed by atoms with van der Waals surface area (Å²) in [6.45, 7) is 0. The van der Waals surface area contributed by atoms with Crippen LogP contribution >= 0.6 is 0 Å². The fourth-order valence-corrected chi connectivity index (χ4v) is 10.9. The largest absolute Gasteiger partial charge is 0.366 e. The molecule has 0 N–H and O–H groups in total. The topological polar surface area (TPSA) is 6.48 Å². The van der Waals surface area contributed by atoms with Crippen LogP contribution in [0.2, 0.25) is 0 Å². The minimum Gasteiger partial charge on any atom is -0.366 e. The SMILES string of the molecule is C(/C=C/C1CCC(N(c2ccc(-c3ccc(N(C4CCCCC4)C4CCC(/C=C/C=C/c5ccccc5)CC4)cc3)cc2)C2CCCCC2)CC1)=C\c1ccccc1. The molecule has 4 aliphatic rings. The maximum absolute atomic E-state index is 2.88. The van der Waals surface area contributed by atoms with Gasteiger partial charge in [0.2, 0.25) is 0 Å². The Bertz CT molecular complexity index is 1750. The molecule has 4 aromatic rings. The van der Waals surface area contributed by atoms with E-state index in [4.69, 9.17) is 0 Å². The van der Waals surface area contributed by atoms with Gasteiger partial charge in [-0.1, -0.05) is 172 Å². The lowest BCUT2D eigenvalue weighted by atomic mass is 9.83. The van der Waals surface area contributed by atoms with Crippen molar-refractivity contribution in [3.63, 3.8) is 0 Å². The van der Waals surface area contributed by atoms with Crippen molar-refractivity contribution in [1.82, 2.24) is 0 Å². The minimum absolute atomic E-state index is 0.645. The molecule has 0 saturated heterocycles. The van der Waals surface area contributed by atoms with Gasteiger partial charge >= 0.3 is 0 Å². The Morgan fingerprint density at radius 3 is 1.03 bits per heavy atom. The van der Waals surface area contributed by atoms with Crippen LogP contribution in [-0.2, 0) is 0 Å². The zero-order valence-electron chi connectivity index (χ0n) is 35.1. The minimum atomic E-state index is 0.645. The number of hydrogen-bond acceptors (Lipinski definition) is 2. The number of hydrogen-bond donors (Lipinski definition) is 0. The Balaban J connectivity index is 0.904. The predicted octanol–water partition coefficient (Wildman–Crippen LogP) is 15.3. The van der Waals surface area contributed by atoms with Gasteiger partial charge in [-0.15, -0.1) is 0 Å². The molecule has 0 aliphatic heterocycles. The molecule has 302 valence electrons. The van der Waals surface area contributed by atoms with Gasteiger partial charge in [-0.2, -0.15) is 0 Å². The van der Waals surface area contributed by atoms with Crippen molar-refractivity contribution in [2.24, 2.45) is 11.8 Å². The van der Waals surface area contributed by atoms with Crippen LogP contribution in [-0.4, -0.2) is 24.2 Å². The molecule has 0 atom stereocenters. The molecule has 4 saturated carbocycles. The molecule has 8 rings (SSSR count). The first-order chi connectivity index (χ1) is 28.8. The Labute approximate surface area is 351 Å². The van der Waals surface area contributed by atoms with E-state index in [-0.39, 0.29) is 0 Å². The first-order valence-electron chi connectivity index (χ1n) is 23.3. The van der Waals surface area contributed by atoms with Crippen molar-refractivity contribution < 1.29 is 0 Å². The lowest BCUT2D eigenvalue weighted by Crippen LogP contribution is -2.46. The second-order valence-corrected chi connectivity index (χ2v) is 17.9. The molecular formula is C56H68N2. The summed E-state index contributed by atoms with van der Waals surface area (Å²) in [6.07, 6.45) is 42.4. The maximum atomic E-state index is 2.88. The average Bonchev–Trinajstić information content (AvgIpc) is 3.30. The van der Waals surface area contributed by atoms with E-state index in [2.05, 4.69) is 168 Å². The zero-order chi connectivity index (χ0) is 39.2. The summed E-state index contributed by atoms with van der Waals surface area (Å²) in [5.74, 6) is 1.38. The summed E-state index contributed by atoms with van der Waals surface area (Å²) in [4.78, 5) is 5.77. The zero-order valence-corrected chi connectivity index (χ0v) is 35.1. The van der Waals surface area contributed by atoms with Crippen molar-refractivity contribution in [2.45, 2.75) is 140 Å². The van der Waals surface area contributed by atoms with E-state index in [1.54, 1.807) is 0 Å². The summed E-state index contributed by atoms with van der Waals surface area (Å²) < 4.78 is 0. The second-order valence-electron chi connectivity index (χ2n) is 17.9. The van der Waals surface area contributed by atoms with Gasteiger partial charge in [-0.25, -0.2) is 0 Å². The van der Waals surface area contributed by atoms with Gasteiger partial charge in [0.05, 0.1) is 0 Å². The molecule has 0 aromatic heterocycles. The number of nitrogens with zero attached hydrogens (tertiary/aromatic N) is 2. The summed E-state index contributed by atoms with van der Waals surface area (Å²) in [6, 6.07) is 43.4. The third-order valence-electron chi connectivity index (χ3n) is 14.0.